The average molecular weight is 342 g/mol. The summed E-state index contributed by atoms with van der Waals surface area (Å²) in [6, 6.07) is 11.7. The van der Waals surface area contributed by atoms with Crippen LogP contribution in [0.3, 0.4) is 0 Å². The number of hydrogen-bond acceptors (Lipinski definition) is 4. The average Bonchev–Trinajstić information content (AvgIpc) is 2.97. The summed E-state index contributed by atoms with van der Waals surface area (Å²) in [5, 5.41) is 19.6. The third kappa shape index (κ3) is 3.51. The third-order valence-electron chi connectivity index (χ3n) is 3.55. The first-order valence-corrected chi connectivity index (χ1v) is 8.43. The Morgan fingerprint density at radius 3 is 2.79 bits per heavy atom. The Bertz CT molecular complexity index is 876. The molecule has 3 rings (SSSR count). The van der Waals surface area contributed by atoms with Gasteiger partial charge in [0.1, 0.15) is 5.82 Å². The Kier molecular flexibility index (Phi) is 4.71. The zero-order valence-electron chi connectivity index (χ0n) is 13.4. The fourth-order valence-electron chi connectivity index (χ4n) is 2.39. The van der Waals surface area contributed by atoms with Crippen LogP contribution in [0.25, 0.3) is 5.65 Å². The molecule has 0 aliphatic rings. The number of pyridine rings is 1. The summed E-state index contributed by atoms with van der Waals surface area (Å²) in [7, 11) is 0. The molecule has 7 heteroatoms. The molecule has 0 radical (unpaired) electrons. The van der Waals surface area contributed by atoms with E-state index in [0.717, 1.165) is 26.8 Å². The van der Waals surface area contributed by atoms with Crippen LogP contribution in [0.2, 0.25) is 0 Å². The maximum atomic E-state index is 10.7. The van der Waals surface area contributed by atoms with E-state index in [0.29, 0.717) is 0 Å². The van der Waals surface area contributed by atoms with Crippen molar-refractivity contribution in [1.82, 2.24) is 19.9 Å². The SMILES string of the molecule is CC(C)c1nnc2ccc(Sc3ccccc3CNC(=O)O)cn12. The Hall–Kier alpha value is -2.54. The number of aromatic nitrogens is 3. The summed E-state index contributed by atoms with van der Waals surface area (Å²) in [6.07, 6.45) is 0.999. The van der Waals surface area contributed by atoms with E-state index in [1.54, 1.807) is 11.8 Å². The molecule has 0 saturated carbocycles. The molecule has 0 unspecified atom stereocenters. The van der Waals surface area contributed by atoms with Crippen molar-refractivity contribution < 1.29 is 9.90 Å². The number of carbonyl (C=O) groups is 1. The van der Waals surface area contributed by atoms with E-state index in [1.807, 2.05) is 47.0 Å². The van der Waals surface area contributed by atoms with E-state index in [1.165, 1.54) is 0 Å². The van der Waals surface area contributed by atoms with Gasteiger partial charge in [0, 0.05) is 28.5 Å². The van der Waals surface area contributed by atoms with Gasteiger partial charge in [-0.3, -0.25) is 4.40 Å². The number of amides is 1. The minimum Gasteiger partial charge on any atom is -0.465 e. The predicted octanol–water partition coefficient (Wildman–Crippen LogP) is 3.77. The van der Waals surface area contributed by atoms with E-state index < -0.39 is 6.09 Å². The molecular weight excluding hydrogens is 324 g/mol. The van der Waals surface area contributed by atoms with Crippen LogP contribution < -0.4 is 5.32 Å². The summed E-state index contributed by atoms with van der Waals surface area (Å²) in [5.74, 6) is 1.21. The molecule has 3 aromatic rings. The molecule has 0 spiro atoms. The molecule has 1 amide bonds. The highest BCUT2D eigenvalue weighted by atomic mass is 32.2. The molecule has 0 fully saturated rings. The molecule has 124 valence electrons. The Labute approximate surface area is 143 Å². The molecule has 0 bridgehead atoms. The minimum absolute atomic E-state index is 0.282. The smallest absolute Gasteiger partial charge is 0.404 e. The highest BCUT2D eigenvalue weighted by Gasteiger charge is 2.11. The van der Waals surface area contributed by atoms with Crippen LogP contribution in [0.5, 0.6) is 0 Å². The predicted molar refractivity (Wildman–Crippen MR) is 92.5 cm³/mol. The first-order chi connectivity index (χ1) is 11.5. The van der Waals surface area contributed by atoms with Gasteiger partial charge in [0.25, 0.3) is 0 Å². The standard InChI is InChI=1S/C17H18N4O2S/c1-11(2)16-20-19-15-8-7-13(10-21(15)16)24-14-6-4-3-5-12(14)9-18-17(22)23/h3-8,10-11,18H,9H2,1-2H3,(H,22,23). The Morgan fingerprint density at radius 2 is 2.04 bits per heavy atom. The number of hydrogen-bond donors (Lipinski definition) is 2. The van der Waals surface area contributed by atoms with Crippen molar-refractivity contribution in [1.29, 1.82) is 0 Å². The van der Waals surface area contributed by atoms with Crippen LogP contribution in [0.4, 0.5) is 4.79 Å². The van der Waals surface area contributed by atoms with Gasteiger partial charge in [0.05, 0.1) is 0 Å². The molecule has 0 atom stereocenters. The lowest BCUT2D eigenvalue weighted by Gasteiger charge is -2.10. The monoisotopic (exact) mass is 342 g/mol. The summed E-state index contributed by atoms with van der Waals surface area (Å²) in [4.78, 5) is 12.8. The van der Waals surface area contributed by atoms with Crippen molar-refractivity contribution in [2.24, 2.45) is 0 Å². The van der Waals surface area contributed by atoms with Gasteiger partial charge in [-0.05, 0) is 23.8 Å². The molecule has 1 aromatic carbocycles. The van der Waals surface area contributed by atoms with Gasteiger partial charge < -0.3 is 10.4 Å². The van der Waals surface area contributed by atoms with Crippen LogP contribution in [0.15, 0.2) is 52.4 Å². The van der Waals surface area contributed by atoms with Gasteiger partial charge in [-0.1, -0.05) is 43.8 Å². The van der Waals surface area contributed by atoms with Gasteiger partial charge in [-0.2, -0.15) is 0 Å². The number of rotatable bonds is 5. The minimum atomic E-state index is -1.03. The largest absolute Gasteiger partial charge is 0.465 e. The van der Waals surface area contributed by atoms with Crippen molar-refractivity contribution in [3.05, 3.63) is 54.0 Å². The number of benzene rings is 1. The topological polar surface area (TPSA) is 79.5 Å². The van der Waals surface area contributed by atoms with E-state index in [2.05, 4.69) is 29.4 Å². The van der Waals surface area contributed by atoms with Crippen LogP contribution >= 0.6 is 11.8 Å². The van der Waals surface area contributed by atoms with E-state index in [4.69, 9.17) is 5.11 Å². The molecule has 0 aliphatic carbocycles. The van der Waals surface area contributed by atoms with Gasteiger partial charge in [-0.25, -0.2) is 4.79 Å². The summed E-state index contributed by atoms with van der Waals surface area (Å²) in [5.41, 5.74) is 1.77. The van der Waals surface area contributed by atoms with E-state index in [9.17, 15) is 4.79 Å². The molecular formula is C17H18N4O2S. The van der Waals surface area contributed by atoms with Gasteiger partial charge >= 0.3 is 6.09 Å². The highest BCUT2D eigenvalue weighted by Crippen LogP contribution is 2.31. The van der Waals surface area contributed by atoms with Gasteiger partial charge in [0.15, 0.2) is 5.65 Å². The van der Waals surface area contributed by atoms with Crippen molar-refractivity contribution in [3.63, 3.8) is 0 Å². The second kappa shape index (κ2) is 6.92. The normalized spacial score (nSPS) is 11.1. The summed E-state index contributed by atoms with van der Waals surface area (Å²) in [6.45, 7) is 4.46. The summed E-state index contributed by atoms with van der Waals surface area (Å²) >= 11 is 1.60. The van der Waals surface area contributed by atoms with E-state index >= 15 is 0 Å². The van der Waals surface area contributed by atoms with Crippen LogP contribution in [0, 0.1) is 0 Å². The maximum absolute atomic E-state index is 10.7. The lowest BCUT2D eigenvalue weighted by molar-refractivity contribution is 0.194. The first-order valence-electron chi connectivity index (χ1n) is 7.62. The quantitative estimate of drug-likeness (QED) is 0.738. The lowest BCUT2D eigenvalue weighted by Crippen LogP contribution is -2.20. The molecule has 0 saturated heterocycles. The lowest BCUT2D eigenvalue weighted by atomic mass is 10.2. The number of fused-ring (bicyclic) bond motifs is 1. The van der Waals surface area contributed by atoms with Crippen molar-refractivity contribution in [2.75, 3.05) is 0 Å². The van der Waals surface area contributed by atoms with Crippen LogP contribution in [0.1, 0.15) is 31.2 Å². The van der Waals surface area contributed by atoms with Gasteiger partial charge in [0.2, 0.25) is 0 Å². The van der Waals surface area contributed by atoms with Crippen LogP contribution in [-0.4, -0.2) is 25.8 Å². The Balaban J connectivity index is 1.90. The van der Waals surface area contributed by atoms with Crippen molar-refractivity contribution >= 4 is 23.5 Å². The zero-order chi connectivity index (χ0) is 17.1. The van der Waals surface area contributed by atoms with E-state index in [-0.39, 0.29) is 12.5 Å². The van der Waals surface area contributed by atoms with Crippen molar-refractivity contribution in [2.45, 2.75) is 36.1 Å². The first kappa shape index (κ1) is 16.3. The number of carboxylic acid groups (broad SMARTS) is 1. The molecule has 2 heterocycles. The molecule has 24 heavy (non-hydrogen) atoms. The van der Waals surface area contributed by atoms with Crippen LogP contribution in [-0.2, 0) is 6.54 Å². The molecule has 6 nitrogen and oxygen atoms in total. The third-order valence-corrected chi connectivity index (χ3v) is 4.64. The number of nitrogens with one attached hydrogen (secondary N) is 1. The zero-order valence-corrected chi connectivity index (χ0v) is 14.2. The summed E-state index contributed by atoms with van der Waals surface area (Å²) < 4.78 is 2.01. The van der Waals surface area contributed by atoms with Gasteiger partial charge in [-0.15, -0.1) is 10.2 Å². The molecule has 2 N–H and O–H groups in total. The number of nitrogens with zero attached hydrogens (tertiary/aromatic N) is 3. The van der Waals surface area contributed by atoms with Crippen molar-refractivity contribution in [3.8, 4) is 0 Å². The fraction of sp³-hybridized carbons (Fsp3) is 0.235. The Morgan fingerprint density at radius 1 is 1.25 bits per heavy atom. The molecule has 2 aromatic heterocycles. The fourth-order valence-corrected chi connectivity index (χ4v) is 3.36. The molecule has 0 aliphatic heterocycles. The second-order valence-electron chi connectivity index (χ2n) is 5.67. The second-order valence-corrected chi connectivity index (χ2v) is 6.79. The highest BCUT2D eigenvalue weighted by molar-refractivity contribution is 7.99. The maximum Gasteiger partial charge on any atom is 0.404 e.